The van der Waals surface area contributed by atoms with Crippen LogP contribution in [0.1, 0.15) is 30.8 Å². The zero-order valence-electron chi connectivity index (χ0n) is 11.9. The fourth-order valence-electron chi connectivity index (χ4n) is 1.61. The Labute approximate surface area is 132 Å². The standard InChI is InChI=1S/C15H17BrN4O/c1-3-10(2)19-15(21)13-8-18-14(9-17-13)20-12-7-5-4-6-11(12)16/h4-10H,3H2,1-2H3,(H,18,20)(H,19,21). The lowest BCUT2D eigenvalue weighted by Crippen LogP contribution is -2.32. The SMILES string of the molecule is CCC(C)NC(=O)c1cnc(Nc2ccccc2Br)cn1. The first-order valence-electron chi connectivity index (χ1n) is 6.74. The minimum absolute atomic E-state index is 0.123. The summed E-state index contributed by atoms with van der Waals surface area (Å²) in [4.78, 5) is 20.2. The fourth-order valence-corrected chi connectivity index (χ4v) is 1.99. The largest absolute Gasteiger partial charge is 0.348 e. The van der Waals surface area contributed by atoms with Crippen molar-refractivity contribution < 1.29 is 4.79 Å². The van der Waals surface area contributed by atoms with Crippen molar-refractivity contribution in [3.05, 3.63) is 46.8 Å². The van der Waals surface area contributed by atoms with Gasteiger partial charge in [0, 0.05) is 10.5 Å². The van der Waals surface area contributed by atoms with Crippen molar-refractivity contribution >= 4 is 33.3 Å². The maximum atomic E-state index is 11.9. The van der Waals surface area contributed by atoms with E-state index < -0.39 is 0 Å². The number of nitrogens with one attached hydrogen (secondary N) is 2. The zero-order valence-corrected chi connectivity index (χ0v) is 13.5. The number of carbonyl (C=O) groups excluding carboxylic acids is 1. The predicted octanol–water partition coefficient (Wildman–Crippen LogP) is 3.51. The third-order valence-corrected chi connectivity index (χ3v) is 3.70. The average Bonchev–Trinajstić information content (AvgIpc) is 2.50. The number of rotatable bonds is 5. The van der Waals surface area contributed by atoms with E-state index in [1.165, 1.54) is 6.20 Å². The van der Waals surface area contributed by atoms with Gasteiger partial charge in [0.1, 0.15) is 11.5 Å². The number of anilines is 2. The Kier molecular flexibility index (Phi) is 5.27. The molecule has 1 heterocycles. The molecule has 2 N–H and O–H groups in total. The number of nitrogens with zero attached hydrogens (tertiary/aromatic N) is 2. The smallest absolute Gasteiger partial charge is 0.271 e. The second-order valence-electron chi connectivity index (χ2n) is 4.67. The van der Waals surface area contributed by atoms with Crippen LogP contribution in [0.2, 0.25) is 0 Å². The summed E-state index contributed by atoms with van der Waals surface area (Å²) in [7, 11) is 0. The van der Waals surface area contributed by atoms with Gasteiger partial charge in [-0.3, -0.25) is 4.79 Å². The van der Waals surface area contributed by atoms with Gasteiger partial charge in [-0.15, -0.1) is 0 Å². The number of benzene rings is 1. The van der Waals surface area contributed by atoms with E-state index >= 15 is 0 Å². The Bertz CT molecular complexity index is 615. The van der Waals surface area contributed by atoms with Crippen LogP contribution in [-0.4, -0.2) is 21.9 Å². The minimum Gasteiger partial charge on any atom is -0.348 e. The molecule has 5 nitrogen and oxygen atoms in total. The first-order valence-corrected chi connectivity index (χ1v) is 7.54. The lowest BCUT2D eigenvalue weighted by atomic mass is 10.2. The molecule has 0 aliphatic carbocycles. The molecule has 0 saturated carbocycles. The molecule has 0 aliphatic heterocycles. The van der Waals surface area contributed by atoms with Crippen molar-refractivity contribution in [2.24, 2.45) is 0 Å². The average molecular weight is 349 g/mol. The van der Waals surface area contributed by atoms with Crippen LogP contribution >= 0.6 is 15.9 Å². The normalized spacial score (nSPS) is 11.8. The highest BCUT2D eigenvalue weighted by atomic mass is 79.9. The summed E-state index contributed by atoms with van der Waals surface area (Å²) in [6.07, 6.45) is 3.89. The van der Waals surface area contributed by atoms with Gasteiger partial charge in [-0.05, 0) is 41.4 Å². The molecule has 2 rings (SSSR count). The molecule has 0 fully saturated rings. The summed E-state index contributed by atoms with van der Waals surface area (Å²) >= 11 is 3.45. The molecule has 1 aromatic heterocycles. The predicted molar refractivity (Wildman–Crippen MR) is 86.7 cm³/mol. The lowest BCUT2D eigenvalue weighted by Gasteiger charge is -2.11. The van der Waals surface area contributed by atoms with Gasteiger partial charge in [0.2, 0.25) is 0 Å². The summed E-state index contributed by atoms with van der Waals surface area (Å²) < 4.78 is 0.936. The van der Waals surface area contributed by atoms with E-state index in [0.29, 0.717) is 11.5 Å². The van der Waals surface area contributed by atoms with E-state index in [4.69, 9.17) is 0 Å². The Morgan fingerprint density at radius 2 is 2.05 bits per heavy atom. The highest BCUT2D eigenvalue weighted by molar-refractivity contribution is 9.10. The molecule has 6 heteroatoms. The third-order valence-electron chi connectivity index (χ3n) is 3.01. The molecule has 1 unspecified atom stereocenters. The Morgan fingerprint density at radius 1 is 1.29 bits per heavy atom. The lowest BCUT2D eigenvalue weighted by molar-refractivity contribution is 0.0934. The number of para-hydroxylation sites is 1. The first-order chi connectivity index (χ1) is 10.1. The highest BCUT2D eigenvalue weighted by Crippen LogP contribution is 2.23. The maximum absolute atomic E-state index is 11.9. The molecule has 1 amide bonds. The van der Waals surface area contributed by atoms with Gasteiger partial charge < -0.3 is 10.6 Å². The molecule has 0 radical (unpaired) electrons. The van der Waals surface area contributed by atoms with Crippen molar-refractivity contribution in [1.29, 1.82) is 0 Å². The molecule has 0 aliphatic rings. The summed E-state index contributed by atoms with van der Waals surface area (Å²) in [5, 5.41) is 5.99. The Balaban J connectivity index is 2.05. The first kappa shape index (κ1) is 15.4. The van der Waals surface area contributed by atoms with Crippen molar-refractivity contribution in [1.82, 2.24) is 15.3 Å². The zero-order chi connectivity index (χ0) is 15.2. The van der Waals surface area contributed by atoms with E-state index in [1.54, 1.807) is 6.20 Å². The van der Waals surface area contributed by atoms with Crippen LogP contribution in [-0.2, 0) is 0 Å². The number of aromatic nitrogens is 2. The third kappa shape index (κ3) is 4.26. The van der Waals surface area contributed by atoms with Crippen LogP contribution in [0.5, 0.6) is 0 Å². The van der Waals surface area contributed by atoms with Gasteiger partial charge in [-0.25, -0.2) is 9.97 Å². The molecule has 21 heavy (non-hydrogen) atoms. The van der Waals surface area contributed by atoms with Gasteiger partial charge in [0.25, 0.3) is 5.91 Å². The second kappa shape index (κ2) is 7.17. The molecular weight excluding hydrogens is 332 g/mol. The Morgan fingerprint density at radius 3 is 2.67 bits per heavy atom. The Hall–Kier alpha value is -1.95. The van der Waals surface area contributed by atoms with Crippen molar-refractivity contribution in [2.75, 3.05) is 5.32 Å². The quantitative estimate of drug-likeness (QED) is 0.867. The van der Waals surface area contributed by atoms with Gasteiger partial charge in [0.05, 0.1) is 18.1 Å². The molecule has 110 valence electrons. The molecule has 0 bridgehead atoms. The summed E-state index contributed by atoms with van der Waals surface area (Å²) in [6, 6.07) is 7.84. The molecule has 2 aromatic rings. The van der Waals surface area contributed by atoms with Gasteiger partial charge in [0.15, 0.2) is 0 Å². The number of halogens is 1. The van der Waals surface area contributed by atoms with Crippen molar-refractivity contribution in [3.8, 4) is 0 Å². The molecule has 0 spiro atoms. The summed E-state index contributed by atoms with van der Waals surface area (Å²) in [6.45, 7) is 3.97. The summed E-state index contributed by atoms with van der Waals surface area (Å²) in [5.41, 5.74) is 1.21. The molecular formula is C15H17BrN4O. The molecule has 0 saturated heterocycles. The van der Waals surface area contributed by atoms with E-state index in [0.717, 1.165) is 16.6 Å². The number of hydrogen-bond acceptors (Lipinski definition) is 4. The highest BCUT2D eigenvalue weighted by Gasteiger charge is 2.10. The van der Waals surface area contributed by atoms with Gasteiger partial charge in [-0.1, -0.05) is 19.1 Å². The van der Waals surface area contributed by atoms with E-state index in [9.17, 15) is 4.79 Å². The number of carbonyl (C=O) groups is 1. The van der Waals surface area contributed by atoms with Crippen LogP contribution in [0.15, 0.2) is 41.1 Å². The van der Waals surface area contributed by atoms with Crippen molar-refractivity contribution in [2.45, 2.75) is 26.3 Å². The van der Waals surface area contributed by atoms with Crippen LogP contribution in [0.25, 0.3) is 0 Å². The molecule has 1 aromatic carbocycles. The minimum atomic E-state index is -0.204. The van der Waals surface area contributed by atoms with Crippen LogP contribution in [0, 0.1) is 0 Å². The number of hydrogen-bond donors (Lipinski definition) is 2. The molecule has 1 atom stereocenters. The number of amides is 1. The van der Waals surface area contributed by atoms with E-state index in [2.05, 4.69) is 36.5 Å². The van der Waals surface area contributed by atoms with Crippen LogP contribution in [0.4, 0.5) is 11.5 Å². The van der Waals surface area contributed by atoms with Gasteiger partial charge >= 0.3 is 0 Å². The fraction of sp³-hybridized carbons (Fsp3) is 0.267. The van der Waals surface area contributed by atoms with Crippen LogP contribution in [0.3, 0.4) is 0 Å². The topological polar surface area (TPSA) is 66.9 Å². The maximum Gasteiger partial charge on any atom is 0.271 e. The monoisotopic (exact) mass is 348 g/mol. The van der Waals surface area contributed by atoms with Gasteiger partial charge in [-0.2, -0.15) is 0 Å². The van der Waals surface area contributed by atoms with E-state index in [-0.39, 0.29) is 11.9 Å². The van der Waals surface area contributed by atoms with Crippen LogP contribution < -0.4 is 10.6 Å². The van der Waals surface area contributed by atoms with E-state index in [1.807, 2.05) is 38.1 Å². The second-order valence-corrected chi connectivity index (χ2v) is 5.53. The summed E-state index contributed by atoms with van der Waals surface area (Å²) in [5.74, 6) is 0.381. The van der Waals surface area contributed by atoms with Crippen molar-refractivity contribution in [3.63, 3.8) is 0 Å².